The van der Waals surface area contributed by atoms with Crippen molar-refractivity contribution in [2.24, 2.45) is 0 Å². The van der Waals surface area contributed by atoms with Crippen LogP contribution in [0.1, 0.15) is 18.0 Å². The summed E-state index contributed by atoms with van der Waals surface area (Å²) in [5, 5.41) is 6.22. The molecule has 1 aliphatic heterocycles. The van der Waals surface area contributed by atoms with Crippen molar-refractivity contribution in [3.05, 3.63) is 42.1 Å². The lowest BCUT2D eigenvalue weighted by Crippen LogP contribution is -2.10. The SMILES string of the molecule is Fc1ccnc(Nc2nccc(C3CCNC3)n2)c1. The second-order valence-corrected chi connectivity index (χ2v) is 4.48. The molecule has 0 radical (unpaired) electrons. The number of rotatable bonds is 3. The molecule has 0 amide bonds. The van der Waals surface area contributed by atoms with Crippen LogP contribution in [0.4, 0.5) is 16.2 Å². The molecule has 1 saturated heterocycles. The van der Waals surface area contributed by atoms with E-state index in [1.807, 2.05) is 6.07 Å². The standard InChI is InChI=1S/C13H14FN5/c14-10-2-5-16-12(7-10)19-13-17-6-3-11(18-13)9-1-4-15-8-9/h2-3,5-7,9,15H,1,4,8H2,(H,16,17,18,19). The predicted molar refractivity (Wildman–Crippen MR) is 69.7 cm³/mol. The maximum Gasteiger partial charge on any atom is 0.228 e. The highest BCUT2D eigenvalue weighted by Gasteiger charge is 2.18. The molecule has 2 N–H and O–H groups in total. The van der Waals surface area contributed by atoms with Crippen molar-refractivity contribution in [3.63, 3.8) is 0 Å². The molecule has 5 nitrogen and oxygen atoms in total. The van der Waals surface area contributed by atoms with Crippen molar-refractivity contribution in [1.82, 2.24) is 20.3 Å². The first-order valence-corrected chi connectivity index (χ1v) is 6.23. The molecule has 0 bridgehead atoms. The van der Waals surface area contributed by atoms with Gasteiger partial charge in [0.05, 0.1) is 5.69 Å². The first-order chi connectivity index (χ1) is 9.31. The second kappa shape index (κ2) is 5.27. The number of hydrogen-bond acceptors (Lipinski definition) is 5. The Bertz CT molecular complexity index is 568. The van der Waals surface area contributed by atoms with Crippen LogP contribution in [0.5, 0.6) is 0 Å². The highest BCUT2D eigenvalue weighted by molar-refractivity contribution is 5.47. The fourth-order valence-electron chi connectivity index (χ4n) is 2.16. The first kappa shape index (κ1) is 12.0. The molecule has 1 aliphatic rings. The molecule has 98 valence electrons. The summed E-state index contributed by atoms with van der Waals surface area (Å²) in [6.45, 7) is 1.96. The Hall–Kier alpha value is -2.08. The van der Waals surface area contributed by atoms with Gasteiger partial charge in [-0.05, 0) is 25.1 Å². The maximum atomic E-state index is 13.1. The molecular formula is C13H14FN5. The van der Waals surface area contributed by atoms with Crippen LogP contribution in [0.15, 0.2) is 30.6 Å². The zero-order valence-corrected chi connectivity index (χ0v) is 10.3. The minimum absolute atomic E-state index is 0.339. The van der Waals surface area contributed by atoms with Gasteiger partial charge < -0.3 is 10.6 Å². The third kappa shape index (κ3) is 2.85. The van der Waals surface area contributed by atoms with E-state index >= 15 is 0 Å². The van der Waals surface area contributed by atoms with E-state index in [0.717, 1.165) is 25.2 Å². The summed E-state index contributed by atoms with van der Waals surface area (Å²) < 4.78 is 13.1. The van der Waals surface area contributed by atoms with E-state index in [0.29, 0.717) is 17.7 Å². The summed E-state index contributed by atoms with van der Waals surface area (Å²) in [4.78, 5) is 12.6. The molecule has 0 aliphatic carbocycles. The molecule has 1 fully saturated rings. The van der Waals surface area contributed by atoms with Gasteiger partial charge >= 0.3 is 0 Å². The molecule has 1 atom stereocenters. The molecule has 3 rings (SSSR count). The molecule has 2 aromatic heterocycles. The lowest BCUT2D eigenvalue weighted by atomic mass is 10.1. The third-order valence-corrected chi connectivity index (χ3v) is 3.12. The van der Waals surface area contributed by atoms with Gasteiger partial charge in [0.15, 0.2) is 0 Å². The molecule has 19 heavy (non-hydrogen) atoms. The van der Waals surface area contributed by atoms with E-state index in [4.69, 9.17) is 0 Å². The molecule has 2 aromatic rings. The molecule has 6 heteroatoms. The zero-order chi connectivity index (χ0) is 13.1. The van der Waals surface area contributed by atoms with Crippen LogP contribution >= 0.6 is 0 Å². The van der Waals surface area contributed by atoms with Gasteiger partial charge in [0.25, 0.3) is 0 Å². The van der Waals surface area contributed by atoms with Crippen molar-refractivity contribution < 1.29 is 4.39 Å². The van der Waals surface area contributed by atoms with Gasteiger partial charge in [-0.3, -0.25) is 0 Å². The summed E-state index contributed by atoms with van der Waals surface area (Å²) in [6, 6.07) is 4.53. The monoisotopic (exact) mass is 259 g/mol. The van der Waals surface area contributed by atoms with Crippen molar-refractivity contribution in [3.8, 4) is 0 Å². The predicted octanol–water partition coefficient (Wildman–Crippen LogP) is 1.83. The quantitative estimate of drug-likeness (QED) is 0.880. The molecular weight excluding hydrogens is 245 g/mol. The topological polar surface area (TPSA) is 62.7 Å². The number of nitrogens with one attached hydrogen (secondary N) is 2. The van der Waals surface area contributed by atoms with Gasteiger partial charge in [0.2, 0.25) is 5.95 Å². The minimum Gasteiger partial charge on any atom is -0.316 e. The highest BCUT2D eigenvalue weighted by Crippen LogP contribution is 2.21. The Morgan fingerprint density at radius 1 is 1.26 bits per heavy atom. The van der Waals surface area contributed by atoms with Crippen LogP contribution in [-0.2, 0) is 0 Å². The average Bonchev–Trinajstić information content (AvgIpc) is 2.93. The number of nitrogens with zero attached hydrogens (tertiary/aromatic N) is 3. The Morgan fingerprint density at radius 3 is 2.95 bits per heavy atom. The van der Waals surface area contributed by atoms with E-state index in [9.17, 15) is 4.39 Å². The molecule has 0 spiro atoms. The van der Waals surface area contributed by atoms with Crippen molar-refractivity contribution in [2.75, 3.05) is 18.4 Å². The van der Waals surface area contributed by atoms with E-state index < -0.39 is 0 Å². The average molecular weight is 259 g/mol. The highest BCUT2D eigenvalue weighted by atomic mass is 19.1. The Kier molecular flexibility index (Phi) is 3.33. The Balaban J connectivity index is 1.79. The van der Waals surface area contributed by atoms with Gasteiger partial charge in [-0.1, -0.05) is 0 Å². The van der Waals surface area contributed by atoms with Gasteiger partial charge in [0, 0.05) is 30.9 Å². The van der Waals surface area contributed by atoms with E-state index in [1.54, 1.807) is 6.20 Å². The number of aromatic nitrogens is 3. The summed E-state index contributed by atoms with van der Waals surface area (Å²) in [5.74, 6) is 0.932. The van der Waals surface area contributed by atoms with Crippen LogP contribution in [0, 0.1) is 5.82 Å². The Morgan fingerprint density at radius 2 is 2.16 bits per heavy atom. The fourth-order valence-corrected chi connectivity index (χ4v) is 2.16. The summed E-state index contributed by atoms with van der Waals surface area (Å²) >= 11 is 0. The zero-order valence-electron chi connectivity index (χ0n) is 10.3. The largest absolute Gasteiger partial charge is 0.316 e. The summed E-state index contributed by atoms with van der Waals surface area (Å²) in [6.07, 6.45) is 4.19. The molecule has 1 unspecified atom stereocenters. The van der Waals surface area contributed by atoms with Crippen LogP contribution < -0.4 is 10.6 Å². The number of pyridine rings is 1. The number of anilines is 2. The van der Waals surface area contributed by atoms with Gasteiger partial charge in [-0.25, -0.2) is 19.3 Å². The lowest BCUT2D eigenvalue weighted by molar-refractivity contribution is 0.626. The normalized spacial score (nSPS) is 18.5. The molecule has 3 heterocycles. The van der Waals surface area contributed by atoms with Crippen LogP contribution in [0.2, 0.25) is 0 Å². The Labute approximate surface area is 110 Å². The van der Waals surface area contributed by atoms with E-state index in [1.165, 1.54) is 18.3 Å². The first-order valence-electron chi connectivity index (χ1n) is 6.23. The van der Waals surface area contributed by atoms with E-state index in [-0.39, 0.29) is 5.82 Å². The van der Waals surface area contributed by atoms with Gasteiger partial charge in [-0.2, -0.15) is 0 Å². The summed E-state index contributed by atoms with van der Waals surface area (Å²) in [5.41, 5.74) is 0.999. The molecule has 0 aromatic carbocycles. The third-order valence-electron chi connectivity index (χ3n) is 3.12. The minimum atomic E-state index is -0.339. The van der Waals surface area contributed by atoms with Crippen molar-refractivity contribution in [2.45, 2.75) is 12.3 Å². The maximum absolute atomic E-state index is 13.1. The van der Waals surface area contributed by atoms with Crippen molar-refractivity contribution in [1.29, 1.82) is 0 Å². The van der Waals surface area contributed by atoms with Crippen LogP contribution in [0.3, 0.4) is 0 Å². The van der Waals surface area contributed by atoms with Gasteiger partial charge in [0.1, 0.15) is 11.6 Å². The van der Waals surface area contributed by atoms with Crippen LogP contribution in [-0.4, -0.2) is 28.0 Å². The smallest absolute Gasteiger partial charge is 0.228 e. The van der Waals surface area contributed by atoms with Gasteiger partial charge in [-0.15, -0.1) is 0 Å². The lowest BCUT2D eigenvalue weighted by Gasteiger charge is -2.09. The van der Waals surface area contributed by atoms with Crippen molar-refractivity contribution >= 4 is 11.8 Å². The molecule has 0 saturated carbocycles. The second-order valence-electron chi connectivity index (χ2n) is 4.48. The summed E-state index contributed by atoms with van der Waals surface area (Å²) in [7, 11) is 0. The number of hydrogen-bond donors (Lipinski definition) is 2. The number of halogens is 1. The van der Waals surface area contributed by atoms with E-state index in [2.05, 4.69) is 25.6 Å². The fraction of sp³-hybridized carbons (Fsp3) is 0.308. The van der Waals surface area contributed by atoms with Crippen LogP contribution in [0.25, 0.3) is 0 Å².